The molecule has 0 saturated carbocycles. The fourth-order valence-electron chi connectivity index (χ4n) is 2.28. The fraction of sp³-hybridized carbons (Fsp3) is 0.250. The molecule has 1 aliphatic heterocycles. The van der Waals surface area contributed by atoms with E-state index in [0.29, 0.717) is 6.54 Å². The molecule has 2 N–H and O–H groups in total. The molecular formula is C16H15ClN2O2S2. The molecule has 0 aliphatic carbocycles. The lowest BCUT2D eigenvalue weighted by Gasteiger charge is -2.23. The second kappa shape index (κ2) is 7.38. The Bertz CT molecular complexity index is 732. The van der Waals surface area contributed by atoms with Gasteiger partial charge in [-0.1, -0.05) is 23.7 Å². The minimum Gasteiger partial charge on any atom is -0.356 e. The maximum atomic E-state index is 12.1. The lowest BCUT2D eigenvalue weighted by molar-refractivity contribution is -0.124. The summed E-state index contributed by atoms with van der Waals surface area (Å²) >= 11 is 8.82. The lowest BCUT2D eigenvalue weighted by Crippen LogP contribution is -2.35. The van der Waals surface area contributed by atoms with Gasteiger partial charge in [0, 0.05) is 22.7 Å². The Labute approximate surface area is 147 Å². The zero-order chi connectivity index (χ0) is 16.2. The summed E-state index contributed by atoms with van der Waals surface area (Å²) < 4.78 is 0.750. The minimum atomic E-state index is -0.388. The maximum Gasteiger partial charge on any atom is 0.238 e. The molecule has 0 spiro atoms. The summed E-state index contributed by atoms with van der Waals surface area (Å²) in [6.07, 6.45) is 0.923. The van der Waals surface area contributed by atoms with Crippen LogP contribution in [0.3, 0.4) is 0 Å². The third kappa shape index (κ3) is 4.28. The van der Waals surface area contributed by atoms with Crippen molar-refractivity contribution in [3.63, 3.8) is 0 Å². The molecule has 3 rings (SSSR count). The molecule has 2 aromatic rings. The van der Waals surface area contributed by atoms with Gasteiger partial charge >= 0.3 is 0 Å². The summed E-state index contributed by atoms with van der Waals surface area (Å²) in [7, 11) is 0. The van der Waals surface area contributed by atoms with Gasteiger partial charge in [0.25, 0.3) is 0 Å². The third-order valence-corrected chi connectivity index (χ3v) is 5.97. The Morgan fingerprint density at radius 1 is 1.26 bits per heavy atom. The van der Waals surface area contributed by atoms with E-state index < -0.39 is 0 Å². The second-order valence-corrected chi connectivity index (χ2v) is 8.15. The number of halogens is 1. The van der Waals surface area contributed by atoms with Crippen LogP contribution in [0.2, 0.25) is 4.34 Å². The van der Waals surface area contributed by atoms with Crippen LogP contribution in [0.25, 0.3) is 0 Å². The van der Waals surface area contributed by atoms with Gasteiger partial charge in [-0.15, -0.1) is 23.1 Å². The van der Waals surface area contributed by atoms with E-state index in [1.807, 2.05) is 36.4 Å². The molecule has 2 heterocycles. The molecule has 2 amide bonds. The van der Waals surface area contributed by atoms with Crippen molar-refractivity contribution in [1.29, 1.82) is 0 Å². The molecule has 1 aromatic heterocycles. The molecule has 0 radical (unpaired) electrons. The molecule has 0 bridgehead atoms. The van der Waals surface area contributed by atoms with Crippen molar-refractivity contribution >= 4 is 52.2 Å². The second-order valence-electron chi connectivity index (χ2n) is 5.10. The molecule has 0 fully saturated rings. The zero-order valence-corrected chi connectivity index (χ0v) is 14.6. The summed E-state index contributed by atoms with van der Waals surface area (Å²) in [5.74, 6) is -0.228. The number of rotatable bonds is 5. The highest BCUT2D eigenvalue weighted by atomic mass is 35.5. The summed E-state index contributed by atoms with van der Waals surface area (Å²) in [6.45, 7) is 0.547. The van der Waals surface area contributed by atoms with E-state index in [-0.39, 0.29) is 23.5 Å². The first-order chi connectivity index (χ1) is 11.1. The lowest BCUT2D eigenvalue weighted by atomic mass is 10.2. The number of hydrogen-bond donors (Lipinski definition) is 2. The van der Waals surface area contributed by atoms with Crippen molar-refractivity contribution in [1.82, 2.24) is 5.32 Å². The predicted molar refractivity (Wildman–Crippen MR) is 95.4 cm³/mol. The van der Waals surface area contributed by atoms with Crippen LogP contribution >= 0.6 is 34.7 Å². The smallest absolute Gasteiger partial charge is 0.238 e. The summed E-state index contributed by atoms with van der Waals surface area (Å²) in [4.78, 5) is 26.2. The van der Waals surface area contributed by atoms with Gasteiger partial charge in [-0.25, -0.2) is 0 Å². The van der Waals surface area contributed by atoms with Crippen molar-refractivity contribution in [2.75, 3.05) is 11.9 Å². The first kappa shape index (κ1) is 16.4. The van der Waals surface area contributed by atoms with E-state index in [1.165, 1.54) is 23.1 Å². The Hall–Kier alpha value is -1.50. The average molecular weight is 367 g/mol. The number of carbonyl (C=O) groups is 2. The van der Waals surface area contributed by atoms with Crippen molar-refractivity contribution in [2.45, 2.75) is 23.0 Å². The quantitative estimate of drug-likeness (QED) is 0.850. The van der Waals surface area contributed by atoms with E-state index in [0.717, 1.165) is 26.2 Å². The Morgan fingerprint density at radius 2 is 2.09 bits per heavy atom. The molecule has 1 atom stereocenters. The summed E-state index contributed by atoms with van der Waals surface area (Å²) in [6, 6.07) is 11.4. The number of thiophene rings is 1. The Balaban J connectivity index is 1.49. The fourth-order valence-corrected chi connectivity index (χ4v) is 4.48. The number of hydrogen-bond acceptors (Lipinski definition) is 4. The predicted octanol–water partition coefficient (Wildman–Crippen LogP) is 3.56. The van der Waals surface area contributed by atoms with Crippen LogP contribution < -0.4 is 10.6 Å². The van der Waals surface area contributed by atoms with E-state index in [4.69, 9.17) is 11.6 Å². The van der Waals surface area contributed by atoms with Crippen LogP contribution in [0.1, 0.15) is 11.3 Å². The van der Waals surface area contributed by atoms with Crippen LogP contribution in [0.4, 0.5) is 5.69 Å². The van der Waals surface area contributed by atoms with Crippen LogP contribution in [-0.4, -0.2) is 23.6 Å². The van der Waals surface area contributed by atoms with Crippen LogP contribution in [-0.2, 0) is 16.0 Å². The van der Waals surface area contributed by atoms with E-state index in [1.54, 1.807) is 0 Å². The molecule has 1 aromatic carbocycles. The standard InChI is InChI=1S/C16H15ClN2O2S2/c17-14-6-5-10(22-14)7-8-18-15(20)9-13-16(21)19-11-3-1-2-4-12(11)23-13/h1-6,13H,7-9H2,(H,18,20)(H,19,21)/t13-/m1/s1. The Kier molecular flexibility index (Phi) is 5.25. The van der Waals surface area contributed by atoms with Crippen molar-refractivity contribution in [3.05, 3.63) is 45.6 Å². The number of benzene rings is 1. The van der Waals surface area contributed by atoms with Gasteiger partial charge in [-0.05, 0) is 30.7 Å². The number of para-hydroxylation sites is 1. The van der Waals surface area contributed by atoms with Crippen LogP contribution in [0.15, 0.2) is 41.3 Å². The van der Waals surface area contributed by atoms with Gasteiger partial charge in [0.1, 0.15) is 0 Å². The molecule has 1 aliphatic rings. The van der Waals surface area contributed by atoms with Gasteiger partial charge in [0.15, 0.2) is 0 Å². The van der Waals surface area contributed by atoms with Crippen LogP contribution in [0.5, 0.6) is 0 Å². The van der Waals surface area contributed by atoms with Crippen molar-refractivity contribution in [3.8, 4) is 0 Å². The number of amides is 2. The number of carbonyl (C=O) groups excluding carboxylic acids is 2. The maximum absolute atomic E-state index is 12.1. The Morgan fingerprint density at radius 3 is 2.87 bits per heavy atom. The molecule has 0 unspecified atom stereocenters. The molecule has 4 nitrogen and oxygen atoms in total. The van der Waals surface area contributed by atoms with Crippen LogP contribution in [0, 0.1) is 0 Å². The minimum absolute atomic E-state index is 0.111. The van der Waals surface area contributed by atoms with Gasteiger partial charge in [-0.3, -0.25) is 9.59 Å². The highest BCUT2D eigenvalue weighted by Crippen LogP contribution is 2.36. The SMILES string of the molecule is O=C(C[C@H]1Sc2ccccc2NC1=O)NCCc1ccc(Cl)s1. The van der Waals surface area contributed by atoms with E-state index in [2.05, 4.69) is 10.6 Å². The third-order valence-electron chi connectivity index (χ3n) is 3.40. The summed E-state index contributed by atoms with van der Waals surface area (Å²) in [5, 5.41) is 5.32. The van der Waals surface area contributed by atoms with Gasteiger partial charge in [0.2, 0.25) is 11.8 Å². The topological polar surface area (TPSA) is 58.2 Å². The van der Waals surface area contributed by atoms with Crippen molar-refractivity contribution < 1.29 is 9.59 Å². The molecule has 23 heavy (non-hydrogen) atoms. The van der Waals surface area contributed by atoms with Gasteiger partial charge in [-0.2, -0.15) is 0 Å². The van der Waals surface area contributed by atoms with E-state index in [9.17, 15) is 9.59 Å². The normalized spacial score (nSPS) is 16.6. The molecule has 0 saturated heterocycles. The van der Waals surface area contributed by atoms with Crippen molar-refractivity contribution in [2.24, 2.45) is 0 Å². The summed E-state index contributed by atoms with van der Waals surface area (Å²) in [5.41, 5.74) is 0.814. The molecule has 7 heteroatoms. The monoisotopic (exact) mass is 366 g/mol. The van der Waals surface area contributed by atoms with Gasteiger partial charge in [0.05, 0.1) is 15.3 Å². The molecule has 120 valence electrons. The first-order valence-corrected chi connectivity index (χ1v) is 9.27. The number of fused-ring (bicyclic) bond motifs is 1. The number of nitrogens with one attached hydrogen (secondary N) is 2. The molecular weight excluding hydrogens is 352 g/mol. The number of anilines is 1. The highest BCUT2D eigenvalue weighted by molar-refractivity contribution is 8.01. The first-order valence-electron chi connectivity index (χ1n) is 7.19. The highest BCUT2D eigenvalue weighted by Gasteiger charge is 2.28. The zero-order valence-electron chi connectivity index (χ0n) is 12.2. The van der Waals surface area contributed by atoms with E-state index >= 15 is 0 Å². The van der Waals surface area contributed by atoms with Gasteiger partial charge < -0.3 is 10.6 Å². The number of thioether (sulfide) groups is 1. The largest absolute Gasteiger partial charge is 0.356 e. The average Bonchev–Trinajstić information content (AvgIpc) is 2.93.